The lowest BCUT2D eigenvalue weighted by molar-refractivity contribution is -0.0775. The Morgan fingerprint density at radius 2 is 1.00 bits per heavy atom. The Balaban J connectivity index is 1.31. The van der Waals surface area contributed by atoms with Crippen LogP contribution in [0.15, 0.2) is 97.1 Å². The topological polar surface area (TPSA) is 55.7 Å². The van der Waals surface area contributed by atoms with Gasteiger partial charge < -0.3 is 20.4 Å². The van der Waals surface area contributed by atoms with Gasteiger partial charge in [-0.3, -0.25) is 0 Å². The molecule has 7 rings (SSSR count). The predicted octanol–water partition coefficient (Wildman–Crippen LogP) is 10.1. The van der Waals surface area contributed by atoms with Crippen LogP contribution in [0, 0.1) is 0 Å². The highest BCUT2D eigenvalue weighted by Gasteiger charge is 2.51. The van der Waals surface area contributed by atoms with Gasteiger partial charge in [-0.1, -0.05) is 100 Å². The van der Waals surface area contributed by atoms with Crippen LogP contribution < -0.4 is 10.2 Å². The van der Waals surface area contributed by atoms with Crippen LogP contribution >= 0.6 is 0 Å². The third-order valence-corrected chi connectivity index (χ3v) is 10.7. The van der Waals surface area contributed by atoms with Crippen molar-refractivity contribution in [3.05, 3.63) is 108 Å². The van der Waals surface area contributed by atoms with E-state index in [0.717, 1.165) is 51.4 Å². The Morgan fingerprint density at radius 3 is 1.49 bits per heavy atom. The molecule has 2 unspecified atom stereocenters. The van der Waals surface area contributed by atoms with Crippen molar-refractivity contribution in [1.82, 2.24) is 0 Å². The normalized spacial score (nSPS) is 19.4. The minimum atomic E-state index is -0.703. The number of aliphatic hydroxyl groups excluding tert-OH is 2. The first-order valence-electron chi connectivity index (χ1n) is 17.7. The number of aliphatic hydroxyl groups is 2. The van der Waals surface area contributed by atoms with Crippen molar-refractivity contribution in [2.75, 3.05) is 30.4 Å². The van der Waals surface area contributed by atoms with Gasteiger partial charge in [-0.05, 0) is 92.7 Å². The average Bonchev–Trinajstić information content (AvgIpc) is 3.10. The lowest BCUT2D eigenvalue weighted by atomic mass is 9.62. The van der Waals surface area contributed by atoms with Gasteiger partial charge in [0.2, 0.25) is 0 Å². The van der Waals surface area contributed by atoms with E-state index in [1.807, 2.05) is 7.05 Å². The highest BCUT2D eigenvalue weighted by Crippen LogP contribution is 2.52. The Hall–Kier alpha value is -4.12. The second kappa shape index (κ2) is 13.5. The van der Waals surface area contributed by atoms with Crippen LogP contribution in [0.5, 0.6) is 0 Å². The fraction of sp³-hybridized carbons (Fsp3) is 0.349. The van der Waals surface area contributed by atoms with Gasteiger partial charge in [0.25, 0.3) is 0 Å². The SMILES string of the molecule is CCCCCN(CCCCC)c1ccc(C2C(O)C(c3ccc(NC)c4cc5ccccc5cc34)C2O)c2cc3ccccc3cc12. The van der Waals surface area contributed by atoms with E-state index in [1.165, 1.54) is 65.8 Å². The summed E-state index contributed by atoms with van der Waals surface area (Å²) in [7, 11) is 1.94. The molecular weight excluding hydrogens is 576 g/mol. The zero-order valence-corrected chi connectivity index (χ0v) is 28.0. The number of anilines is 2. The van der Waals surface area contributed by atoms with Gasteiger partial charge in [0.05, 0.1) is 12.2 Å². The van der Waals surface area contributed by atoms with Gasteiger partial charge in [-0.15, -0.1) is 0 Å². The molecule has 4 heteroatoms. The molecule has 1 fully saturated rings. The molecule has 6 aromatic rings. The van der Waals surface area contributed by atoms with Crippen molar-refractivity contribution in [3.63, 3.8) is 0 Å². The molecule has 0 radical (unpaired) electrons. The molecule has 1 aliphatic carbocycles. The standard InChI is InChI=1S/C43H48N2O2/c1-4-6-12-22-45(23-13-7-5-2)39-21-19-33(35-25-29-15-9-11-17-31(29)27-37(35)39)41-42(46)40(43(41)47)32-18-20-38(44-3)36-26-30-16-10-8-14-28(30)24-34(32)36/h8-11,14-21,24-27,40-44,46-47H,4-7,12-13,22-23H2,1-3H3. The first-order valence-corrected chi connectivity index (χ1v) is 17.7. The summed E-state index contributed by atoms with van der Waals surface area (Å²) in [5.74, 6) is -0.741. The molecule has 242 valence electrons. The van der Waals surface area contributed by atoms with Crippen molar-refractivity contribution in [3.8, 4) is 0 Å². The largest absolute Gasteiger partial charge is 0.392 e. The maximum Gasteiger partial charge on any atom is 0.0727 e. The number of rotatable bonds is 12. The maximum absolute atomic E-state index is 12.0. The van der Waals surface area contributed by atoms with E-state index in [0.29, 0.717) is 0 Å². The summed E-state index contributed by atoms with van der Waals surface area (Å²) < 4.78 is 0. The van der Waals surface area contributed by atoms with E-state index in [-0.39, 0.29) is 11.8 Å². The van der Waals surface area contributed by atoms with Crippen molar-refractivity contribution in [2.45, 2.75) is 76.4 Å². The number of hydrogen-bond donors (Lipinski definition) is 3. The Bertz CT molecular complexity index is 2010. The Labute approximate surface area is 279 Å². The number of hydrogen-bond acceptors (Lipinski definition) is 4. The quantitative estimate of drug-likeness (QED) is 0.0937. The molecule has 0 bridgehead atoms. The first-order chi connectivity index (χ1) is 23.0. The van der Waals surface area contributed by atoms with Gasteiger partial charge in [0.1, 0.15) is 0 Å². The van der Waals surface area contributed by atoms with Gasteiger partial charge in [0.15, 0.2) is 0 Å². The summed E-state index contributed by atoms with van der Waals surface area (Å²) in [5.41, 5.74) is 4.35. The predicted molar refractivity (Wildman–Crippen MR) is 201 cm³/mol. The van der Waals surface area contributed by atoms with Gasteiger partial charge in [-0.25, -0.2) is 0 Å². The summed E-state index contributed by atoms with van der Waals surface area (Å²) in [6, 6.07) is 34.6. The molecule has 1 aliphatic rings. The molecule has 0 heterocycles. The summed E-state index contributed by atoms with van der Waals surface area (Å²) in [6.45, 7) is 6.61. The van der Waals surface area contributed by atoms with E-state index >= 15 is 0 Å². The van der Waals surface area contributed by atoms with Crippen molar-refractivity contribution in [1.29, 1.82) is 0 Å². The fourth-order valence-corrected chi connectivity index (χ4v) is 8.07. The molecular formula is C43H48N2O2. The molecule has 6 aromatic carbocycles. The van der Waals surface area contributed by atoms with Crippen molar-refractivity contribution >= 4 is 54.5 Å². The molecule has 0 spiro atoms. The lowest BCUT2D eigenvalue weighted by Gasteiger charge is -2.48. The smallest absolute Gasteiger partial charge is 0.0727 e. The summed E-state index contributed by atoms with van der Waals surface area (Å²) in [4.78, 5) is 2.59. The second-order valence-electron chi connectivity index (χ2n) is 13.6. The average molecular weight is 625 g/mol. The monoisotopic (exact) mass is 624 g/mol. The number of nitrogens with one attached hydrogen (secondary N) is 1. The Morgan fingerprint density at radius 1 is 0.553 bits per heavy atom. The third-order valence-electron chi connectivity index (χ3n) is 10.7. The molecule has 0 aliphatic heterocycles. The van der Waals surface area contributed by atoms with Crippen LogP contribution in [0.1, 0.15) is 75.3 Å². The van der Waals surface area contributed by atoms with Gasteiger partial charge in [-0.2, -0.15) is 0 Å². The van der Waals surface area contributed by atoms with Crippen molar-refractivity contribution < 1.29 is 10.2 Å². The van der Waals surface area contributed by atoms with Crippen LogP contribution in [0.3, 0.4) is 0 Å². The second-order valence-corrected chi connectivity index (χ2v) is 13.6. The highest BCUT2D eigenvalue weighted by atomic mass is 16.3. The number of fused-ring (bicyclic) bond motifs is 4. The fourth-order valence-electron chi connectivity index (χ4n) is 8.07. The zero-order chi connectivity index (χ0) is 32.5. The van der Waals surface area contributed by atoms with E-state index < -0.39 is 12.2 Å². The van der Waals surface area contributed by atoms with Crippen LogP contribution in [0.25, 0.3) is 43.1 Å². The van der Waals surface area contributed by atoms with E-state index in [9.17, 15) is 10.2 Å². The molecule has 47 heavy (non-hydrogen) atoms. The van der Waals surface area contributed by atoms with Gasteiger partial charge >= 0.3 is 0 Å². The maximum atomic E-state index is 12.0. The molecule has 3 N–H and O–H groups in total. The lowest BCUT2D eigenvalue weighted by Crippen LogP contribution is -2.51. The summed E-state index contributed by atoms with van der Waals surface area (Å²) >= 11 is 0. The van der Waals surface area contributed by atoms with E-state index in [4.69, 9.17) is 0 Å². The van der Waals surface area contributed by atoms with Crippen LogP contribution in [-0.4, -0.2) is 42.6 Å². The Kier molecular flexibility index (Phi) is 9.07. The number of nitrogens with zero attached hydrogens (tertiary/aromatic N) is 1. The number of unbranched alkanes of at least 4 members (excludes halogenated alkanes) is 4. The summed E-state index contributed by atoms with van der Waals surface area (Å²) in [5, 5.41) is 36.6. The first kappa shape index (κ1) is 31.5. The molecule has 1 saturated carbocycles. The minimum absolute atomic E-state index is 0.370. The van der Waals surface area contributed by atoms with E-state index in [2.05, 4.69) is 121 Å². The highest BCUT2D eigenvalue weighted by molar-refractivity contribution is 6.07. The van der Waals surface area contributed by atoms with Crippen LogP contribution in [-0.2, 0) is 0 Å². The van der Waals surface area contributed by atoms with Gasteiger partial charge in [0, 0.05) is 54.1 Å². The zero-order valence-electron chi connectivity index (χ0n) is 28.0. The molecule has 4 nitrogen and oxygen atoms in total. The molecule has 2 atom stereocenters. The molecule has 0 saturated heterocycles. The number of benzene rings is 6. The molecule has 0 amide bonds. The summed E-state index contributed by atoms with van der Waals surface area (Å²) in [6.07, 6.45) is 5.81. The van der Waals surface area contributed by atoms with Crippen LogP contribution in [0.2, 0.25) is 0 Å². The minimum Gasteiger partial charge on any atom is -0.392 e. The molecule has 0 aromatic heterocycles. The third kappa shape index (κ3) is 5.72. The van der Waals surface area contributed by atoms with E-state index in [1.54, 1.807) is 0 Å². The van der Waals surface area contributed by atoms with Crippen LogP contribution in [0.4, 0.5) is 11.4 Å². The van der Waals surface area contributed by atoms with Crippen molar-refractivity contribution in [2.24, 2.45) is 0 Å².